The molecule has 2 heterocycles. The van der Waals surface area contributed by atoms with Crippen LogP contribution in [0.4, 0.5) is 5.69 Å². The van der Waals surface area contributed by atoms with Crippen molar-refractivity contribution in [1.82, 2.24) is 10.3 Å². The number of hydrazine groups is 1. The molecule has 2 aromatic heterocycles. The molecular formula is C12H13BrN4OS. The van der Waals surface area contributed by atoms with Crippen molar-refractivity contribution >= 4 is 38.9 Å². The molecule has 0 aliphatic carbocycles. The van der Waals surface area contributed by atoms with E-state index in [9.17, 15) is 4.79 Å². The second-order valence-electron chi connectivity index (χ2n) is 3.89. The van der Waals surface area contributed by atoms with Crippen LogP contribution in [-0.2, 0) is 6.54 Å². The summed E-state index contributed by atoms with van der Waals surface area (Å²) in [5.74, 6) is 5.20. The summed E-state index contributed by atoms with van der Waals surface area (Å²) in [6, 6.07) is 3.68. The zero-order valence-corrected chi connectivity index (χ0v) is 12.6. The molecule has 0 fully saturated rings. The van der Waals surface area contributed by atoms with Gasteiger partial charge in [0, 0.05) is 21.2 Å². The van der Waals surface area contributed by atoms with Gasteiger partial charge in [-0.05, 0) is 40.4 Å². The van der Waals surface area contributed by atoms with Gasteiger partial charge in [-0.25, -0.2) is 0 Å². The molecule has 0 aliphatic rings. The van der Waals surface area contributed by atoms with E-state index in [-0.39, 0.29) is 5.91 Å². The highest BCUT2D eigenvalue weighted by Crippen LogP contribution is 2.22. The molecule has 7 heteroatoms. The maximum Gasteiger partial charge on any atom is 0.255 e. The number of nitrogens with zero attached hydrogens (tertiary/aromatic N) is 1. The number of halogens is 1. The van der Waals surface area contributed by atoms with Crippen LogP contribution in [-0.4, -0.2) is 10.9 Å². The van der Waals surface area contributed by atoms with Crippen LogP contribution in [0.15, 0.2) is 28.2 Å². The number of carbonyl (C=O) groups is 1. The van der Waals surface area contributed by atoms with Crippen LogP contribution >= 0.6 is 27.3 Å². The fraction of sp³-hybridized carbons (Fsp3) is 0.167. The number of hydrogen-bond donors (Lipinski definition) is 3. The van der Waals surface area contributed by atoms with Crippen molar-refractivity contribution in [2.24, 2.45) is 5.84 Å². The average Bonchev–Trinajstić information content (AvgIpc) is 2.81. The highest BCUT2D eigenvalue weighted by atomic mass is 79.9. The minimum atomic E-state index is -0.208. The number of carbonyl (C=O) groups excluding carboxylic acids is 1. The van der Waals surface area contributed by atoms with Crippen LogP contribution in [0.2, 0.25) is 0 Å². The van der Waals surface area contributed by atoms with Gasteiger partial charge in [-0.2, -0.15) is 0 Å². The van der Waals surface area contributed by atoms with Crippen molar-refractivity contribution < 1.29 is 4.79 Å². The third kappa shape index (κ3) is 3.31. The SMILES string of the molecule is Cc1cc(NN)c(C(=O)NCc2sccc2Br)cn1. The number of nitrogens with one attached hydrogen (secondary N) is 2. The van der Waals surface area contributed by atoms with Crippen molar-refractivity contribution in [2.45, 2.75) is 13.5 Å². The molecule has 0 saturated heterocycles. The number of hydrogen-bond acceptors (Lipinski definition) is 5. The van der Waals surface area contributed by atoms with E-state index in [1.807, 2.05) is 18.4 Å². The lowest BCUT2D eigenvalue weighted by Gasteiger charge is -2.09. The van der Waals surface area contributed by atoms with Gasteiger partial charge in [0.25, 0.3) is 5.91 Å². The summed E-state index contributed by atoms with van der Waals surface area (Å²) in [6.45, 7) is 2.31. The Morgan fingerprint density at radius 3 is 3.00 bits per heavy atom. The third-order valence-electron chi connectivity index (χ3n) is 2.54. The molecule has 0 aromatic carbocycles. The Balaban J connectivity index is 2.10. The van der Waals surface area contributed by atoms with Crippen LogP contribution < -0.4 is 16.6 Å². The molecule has 4 N–H and O–H groups in total. The fourth-order valence-corrected chi connectivity index (χ4v) is 3.00. The Hall–Kier alpha value is -1.44. The van der Waals surface area contributed by atoms with Crippen molar-refractivity contribution in [3.05, 3.63) is 44.3 Å². The lowest BCUT2D eigenvalue weighted by Crippen LogP contribution is -2.25. The summed E-state index contributed by atoms with van der Waals surface area (Å²) in [5.41, 5.74) is 4.31. The summed E-state index contributed by atoms with van der Waals surface area (Å²) in [4.78, 5) is 17.3. The second-order valence-corrected chi connectivity index (χ2v) is 5.75. The topological polar surface area (TPSA) is 80.0 Å². The number of rotatable bonds is 4. The van der Waals surface area contributed by atoms with Crippen molar-refractivity contribution in [3.63, 3.8) is 0 Å². The van der Waals surface area contributed by atoms with E-state index in [1.165, 1.54) is 6.20 Å². The molecule has 0 unspecified atom stereocenters. The predicted molar refractivity (Wildman–Crippen MR) is 80.0 cm³/mol. The van der Waals surface area contributed by atoms with Crippen LogP contribution in [0.3, 0.4) is 0 Å². The number of amides is 1. The van der Waals surface area contributed by atoms with Crippen molar-refractivity contribution in [3.8, 4) is 0 Å². The summed E-state index contributed by atoms with van der Waals surface area (Å²) in [5, 5.41) is 4.81. The first-order valence-corrected chi connectivity index (χ1v) is 7.22. The van der Waals surface area contributed by atoms with Gasteiger partial charge >= 0.3 is 0 Å². The summed E-state index contributed by atoms with van der Waals surface area (Å²) < 4.78 is 0.997. The number of pyridine rings is 1. The lowest BCUT2D eigenvalue weighted by atomic mass is 10.2. The van der Waals surface area contributed by atoms with E-state index in [0.717, 1.165) is 15.0 Å². The van der Waals surface area contributed by atoms with E-state index in [1.54, 1.807) is 17.4 Å². The number of nitrogen functional groups attached to an aromatic ring is 1. The van der Waals surface area contributed by atoms with E-state index < -0.39 is 0 Å². The Kier molecular flexibility index (Phi) is 4.52. The first kappa shape index (κ1) is 14.0. The average molecular weight is 341 g/mol. The number of thiophene rings is 1. The number of aromatic nitrogens is 1. The number of nitrogens with two attached hydrogens (primary N) is 1. The van der Waals surface area contributed by atoms with Crippen molar-refractivity contribution in [1.29, 1.82) is 0 Å². The highest BCUT2D eigenvalue weighted by molar-refractivity contribution is 9.10. The van der Waals surface area contributed by atoms with Gasteiger partial charge in [-0.3, -0.25) is 15.6 Å². The summed E-state index contributed by atoms with van der Waals surface area (Å²) in [7, 11) is 0. The van der Waals surface area contributed by atoms with Crippen LogP contribution in [0, 0.1) is 6.92 Å². The van der Waals surface area contributed by atoms with Gasteiger partial charge < -0.3 is 10.7 Å². The molecule has 5 nitrogen and oxygen atoms in total. The van der Waals surface area contributed by atoms with Gasteiger partial charge in [0.15, 0.2) is 0 Å². The third-order valence-corrected chi connectivity index (χ3v) is 4.47. The molecule has 2 aromatic rings. The van der Waals surface area contributed by atoms with E-state index in [2.05, 4.69) is 31.7 Å². The molecule has 0 aliphatic heterocycles. The molecular weight excluding hydrogens is 328 g/mol. The smallest absolute Gasteiger partial charge is 0.255 e. The quantitative estimate of drug-likeness (QED) is 0.589. The first-order valence-electron chi connectivity index (χ1n) is 5.55. The Morgan fingerprint density at radius 2 is 2.37 bits per heavy atom. The van der Waals surface area contributed by atoms with E-state index in [0.29, 0.717) is 17.8 Å². The predicted octanol–water partition coefficient (Wildman–Crippen LogP) is 2.43. The lowest BCUT2D eigenvalue weighted by molar-refractivity contribution is 0.0951. The standard InChI is InChI=1S/C12H13BrN4OS/c1-7-4-10(17-14)8(5-15-7)12(18)16-6-11-9(13)2-3-19-11/h2-5H,6,14H2,1H3,(H,15,17)(H,16,18). The number of aryl methyl sites for hydroxylation is 1. The molecule has 0 bridgehead atoms. The maximum atomic E-state index is 12.1. The van der Waals surface area contributed by atoms with Gasteiger partial charge in [0.1, 0.15) is 0 Å². The molecule has 0 atom stereocenters. The highest BCUT2D eigenvalue weighted by Gasteiger charge is 2.12. The zero-order chi connectivity index (χ0) is 13.8. The normalized spacial score (nSPS) is 10.3. The first-order chi connectivity index (χ1) is 9.11. The van der Waals surface area contributed by atoms with Gasteiger partial charge in [0.2, 0.25) is 0 Å². The summed E-state index contributed by atoms with van der Waals surface area (Å²) in [6.07, 6.45) is 1.52. The van der Waals surface area contributed by atoms with E-state index >= 15 is 0 Å². The minimum Gasteiger partial charge on any atom is -0.347 e. The minimum absolute atomic E-state index is 0.208. The van der Waals surface area contributed by atoms with Crippen molar-refractivity contribution in [2.75, 3.05) is 5.43 Å². The second kappa shape index (κ2) is 6.14. The van der Waals surface area contributed by atoms with Crippen LogP contribution in [0.25, 0.3) is 0 Å². The monoisotopic (exact) mass is 340 g/mol. The number of anilines is 1. The van der Waals surface area contributed by atoms with Gasteiger partial charge in [-0.1, -0.05) is 0 Å². The zero-order valence-electron chi connectivity index (χ0n) is 10.2. The molecule has 100 valence electrons. The largest absolute Gasteiger partial charge is 0.347 e. The van der Waals surface area contributed by atoms with Crippen LogP contribution in [0.1, 0.15) is 20.9 Å². The molecule has 0 spiro atoms. The van der Waals surface area contributed by atoms with Crippen LogP contribution in [0.5, 0.6) is 0 Å². The summed E-state index contributed by atoms with van der Waals surface area (Å²) >= 11 is 5.01. The molecule has 19 heavy (non-hydrogen) atoms. The Morgan fingerprint density at radius 1 is 1.58 bits per heavy atom. The molecule has 1 amide bonds. The molecule has 0 radical (unpaired) electrons. The Labute approximate surface area is 123 Å². The van der Waals surface area contributed by atoms with Gasteiger partial charge in [0.05, 0.1) is 17.8 Å². The maximum absolute atomic E-state index is 12.1. The molecule has 0 saturated carbocycles. The van der Waals surface area contributed by atoms with Gasteiger partial charge in [-0.15, -0.1) is 11.3 Å². The molecule has 2 rings (SSSR count). The Bertz CT molecular complexity index is 599. The van der Waals surface area contributed by atoms with E-state index in [4.69, 9.17) is 5.84 Å². The fourth-order valence-electron chi connectivity index (χ4n) is 1.57.